The average Bonchev–Trinajstić information content (AvgIpc) is 2.56. The molecule has 0 saturated carbocycles. The molecule has 0 spiro atoms. The summed E-state index contributed by atoms with van der Waals surface area (Å²) in [5.74, 6) is -0.0451. The van der Waals surface area contributed by atoms with E-state index in [2.05, 4.69) is 10.2 Å². The van der Waals surface area contributed by atoms with Crippen LogP contribution in [0.15, 0.2) is 48.5 Å². The molecule has 5 nitrogen and oxygen atoms in total. The molecule has 0 radical (unpaired) electrons. The van der Waals surface area contributed by atoms with Crippen molar-refractivity contribution in [1.82, 2.24) is 0 Å². The number of carbonyl (C=O) groups excluding carboxylic acids is 1. The SMILES string of the molecule is Nc1ccc(N2CCOCC2)c(NC(=O)Cc2ccccc2)c1. The van der Waals surface area contributed by atoms with Crippen LogP contribution in [0, 0.1) is 0 Å². The van der Waals surface area contributed by atoms with E-state index in [1.165, 1.54) is 0 Å². The first-order valence-corrected chi connectivity index (χ1v) is 7.78. The lowest BCUT2D eigenvalue weighted by Gasteiger charge is -2.30. The first kappa shape index (κ1) is 15.4. The lowest BCUT2D eigenvalue weighted by molar-refractivity contribution is -0.115. The average molecular weight is 311 g/mol. The first-order chi connectivity index (χ1) is 11.2. The van der Waals surface area contributed by atoms with E-state index in [0.717, 1.165) is 30.0 Å². The highest BCUT2D eigenvalue weighted by Crippen LogP contribution is 2.29. The van der Waals surface area contributed by atoms with Crippen molar-refractivity contribution in [3.8, 4) is 0 Å². The van der Waals surface area contributed by atoms with Gasteiger partial charge in [-0.2, -0.15) is 0 Å². The highest BCUT2D eigenvalue weighted by molar-refractivity contribution is 5.96. The number of benzene rings is 2. The maximum atomic E-state index is 12.3. The van der Waals surface area contributed by atoms with Crippen LogP contribution in [0.4, 0.5) is 17.1 Å². The van der Waals surface area contributed by atoms with E-state index in [9.17, 15) is 4.79 Å². The van der Waals surface area contributed by atoms with Crippen molar-refractivity contribution in [1.29, 1.82) is 0 Å². The van der Waals surface area contributed by atoms with Crippen LogP contribution < -0.4 is 16.0 Å². The van der Waals surface area contributed by atoms with Crippen LogP contribution in [0.2, 0.25) is 0 Å². The van der Waals surface area contributed by atoms with Gasteiger partial charge in [0, 0.05) is 18.8 Å². The lowest BCUT2D eigenvalue weighted by atomic mass is 10.1. The highest BCUT2D eigenvalue weighted by atomic mass is 16.5. The van der Waals surface area contributed by atoms with Gasteiger partial charge in [0.2, 0.25) is 5.91 Å². The van der Waals surface area contributed by atoms with Crippen molar-refractivity contribution < 1.29 is 9.53 Å². The molecule has 0 aromatic heterocycles. The number of nitrogens with zero attached hydrogens (tertiary/aromatic N) is 1. The second-order valence-electron chi connectivity index (χ2n) is 5.59. The molecular weight excluding hydrogens is 290 g/mol. The quantitative estimate of drug-likeness (QED) is 0.850. The predicted molar refractivity (Wildman–Crippen MR) is 92.7 cm³/mol. The fourth-order valence-corrected chi connectivity index (χ4v) is 2.71. The predicted octanol–water partition coefficient (Wildman–Crippen LogP) is 2.29. The van der Waals surface area contributed by atoms with Crippen molar-refractivity contribution >= 4 is 23.0 Å². The van der Waals surface area contributed by atoms with E-state index < -0.39 is 0 Å². The van der Waals surface area contributed by atoms with E-state index >= 15 is 0 Å². The molecule has 1 saturated heterocycles. The molecule has 1 aliphatic heterocycles. The number of morpholine rings is 1. The highest BCUT2D eigenvalue weighted by Gasteiger charge is 2.16. The standard InChI is InChI=1S/C18H21N3O2/c19-15-6-7-17(21-8-10-23-11-9-21)16(13-15)20-18(22)12-14-4-2-1-3-5-14/h1-7,13H,8-12,19H2,(H,20,22). The third kappa shape index (κ3) is 4.02. The summed E-state index contributed by atoms with van der Waals surface area (Å²) < 4.78 is 5.39. The summed E-state index contributed by atoms with van der Waals surface area (Å²) in [6.07, 6.45) is 0.345. The fraction of sp³-hybridized carbons (Fsp3) is 0.278. The molecular formula is C18H21N3O2. The summed E-state index contributed by atoms with van der Waals surface area (Å²) in [5, 5.41) is 3.00. The molecule has 1 amide bonds. The van der Waals surface area contributed by atoms with Crippen LogP contribution in [-0.4, -0.2) is 32.2 Å². The number of ether oxygens (including phenoxy) is 1. The molecule has 0 aliphatic carbocycles. The molecule has 0 atom stereocenters. The van der Waals surface area contributed by atoms with Crippen LogP contribution in [-0.2, 0) is 16.0 Å². The van der Waals surface area contributed by atoms with Crippen LogP contribution in [0.3, 0.4) is 0 Å². The van der Waals surface area contributed by atoms with Crippen molar-refractivity contribution in [3.63, 3.8) is 0 Å². The number of hydrogen-bond acceptors (Lipinski definition) is 4. The Morgan fingerprint density at radius 3 is 2.61 bits per heavy atom. The van der Waals surface area contributed by atoms with Gasteiger partial charge in [-0.1, -0.05) is 30.3 Å². The second-order valence-corrected chi connectivity index (χ2v) is 5.59. The third-order valence-corrected chi connectivity index (χ3v) is 3.85. The van der Waals surface area contributed by atoms with Crippen LogP contribution in [0.5, 0.6) is 0 Å². The summed E-state index contributed by atoms with van der Waals surface area (Å²) in [4.78, 5) is 14.5. The maximum Gasteiger partial charge on any atom is 0.228 e. The van der Waals surface area contributed by atoms with Gasteiger partial charge in [0.15, 0.2) is 0 Å². The number of rotatable bonds is 4. The summed E-state index contributed by atoms with van der Waals surface area (Å²) in [5.41, 5.74) is 9.26. The maximum absolute atomic E-state index is 12.3. The Hall–Kier alpha value is -2.53. The van der Waals surface area contributed by atoms with Crippen LogP contribution >= 0.6 is 0 Å². The zero-order valence-corrected chi connectivity index (χ0v) is 13.0. The van der Waals surface area contributed by atoms with Gasteiger partial charge >= 0.3 is 0 Å². The number of amides is 1. The Labute approximate surface area is 136 Å². The van der Waals surface area contributed by atoms with Crippen molar-refractivity contribution in [2.24, 2.45) is 0 Å². The molecule has 2 aromatic carbocycles. The van der Waals surface area contributed by atoms with Gasteiger partial charge < -0.3 is 20.7 Å². The minimum atomic E-state index is -0.0451. The van der Waals surface area contributed by atoms with E-state index in [0.29, 0.717) is 25.3 Å². The second kappa shape index (κ2) is 7.15. The number of nitrogens with two attached hydrogens (primary N) is 1. The van der Waals surface area contributed by atoms with Gasteiger partial charge in [0.25, 0.3) is 0 Å². The fourth-order valence-electron chi connectivity index (χ4n) is 2.71. The topological polar surface area (TPSA) is 67.6 Å². The van der Waals surface area contributed by atoms with E-state index in [-0.39, 0.29) is 5.91 Å². The Morgan fingerprint density at radius 1 is 1.13 bits per heavy atom. The van der Waals surface area contributed by atoms with Gasteiger partial charge in [-0.15, -0.1) is 0 Å². The minimum absolute atomic E-state index is 0.0451. The smallest absolute Gasteiger partial charge is 0.228 e. The number of carbonyl (C=O) groups is 1. The zero-order chi connectivity index (χ0) is 16.1. The van der Waals surface area contributed by atoms with E-state index in [4.69, 9.17) is 10.5 Å². The lowest BCUT2D eigenvalue weighted by Crippen LogP contribution is -2.36. The van der Waals surface area contributed by atoms with E-state index in [1.807, 2.05) is 48.5 Å². The van der Waals surface area contributed by atoms with Crippen molar-refractivity contribution in [2.45, 2.75) is 6.42 Å². The number of anilines is 3. The van der Waals surface area contributed by atoms with Gasteiger partial charge in [-0.25, -0.2) is 0 Å². The van der Waals surface area contributed by atoms with Gasteiger partial charge in [0.1, 0.15) is 0 Å². The normalized spacial score (nSPS) is 14.5. The summed E-state index contributed by atoms with van der Waals surface area (Å²) in [6, 6.07) is 15.3. The summed E-state index contributed by atoms with van der Waals surface area (Å²) in [7, 11) is 0. The Balaban J connectivity index is 1.75. The van der Waals surface area contributed by atoms with Gasteiger partial charge in [-0.3, -0.25) is 4.79 Å². The number of hydrogen-bond donors (Lipinski definition) is 2. The molecule has 2 aromatic rings. The molecule has 5 heteroatoms. The van der Waals surface area contributed by atoms with E-state index in [1.54, 1.807) is 0 Å². The van der Waals surface area contributed by atoms with Crippen molar-refractivity contribution in [2.75, 3.05) is 42.3 Å². The van der Waals surface area contributed by atoms with Gasteiger partial charge in [-0.05, 0) is 23.8 Å². The molecule has 120 valence electrons. The first-order valence-electron chi connectivity index (χ1n) is 7.78. The Bertz CT molecular complexity index is 667. The molecule has 0 bridgehead atoms. The summed E-state index contributed by atoms with van der Waals surface area (Å²) in [6.45, 7) is 3.01. The molecule has 1 fully saturated rings. The van der Waals surface area contributed by atoms with Crippen LogP contribution in [0.25, 0.3) is 0 Å². The zero-order valence-electron chi connectivity index (χ0n) is 13.0. The Morgan fingerprint density at radius 2 is 1.87 bits per heavy atom. The van der Waals surface area contributed by atoms with Gasteiger partial charge in [0.05, 0.1) is 31.0 Å². The summed E-state index contributed by atoms with van der Waals surface area (Å²) >= 11 is 0. The number of nitrogen functional groups attached to an aromatic ring is 1. The monoisotopic (exact) mass is 311 g/mol. The molecule has 0 unspecified atom stereocenters. The third-order valence-electron chi connectivity index (χ3n) is 3.85. The molecule has 3 N–H and O–H groups in total. The van der Waals surface area contributed by atoms with Crippen molar-refractivity contribution in [3.05, 3.63) is 54.1 Å². The largest absolute Gasteiger partial charge is 0.399 e. The molecule has 23 heavy (non-hydrogen) atoms. The molecule has 3 rings (SSSR count). The van der Waals surface area contributed by atoms with Crippen LogP contribution in [0.1, 0.15) is 5.56 Å². The number of nitrogens with one attached hydrogen (secondary N) is 1. The molecule has 1 aliphatic rings. The molecule has 1 heterocycles. The Kier molecular flexibility index (Phi) is 4.78. The minimum Gasteiger partial charge on any atom is -0.399 e.